The Morgan fingerprint density at radius 2 is 1.34 bits per heavy atom. The highest BCUT2D eigenvalue weighted by Gasteiger charge is 2.33. The maximum Gasteiger partial charge on any atom is 0.326 e. The standard InChI is InChI=1S/C48H72N6O11/c1-6-7-8-9-10-11-12-13-14-15-16-17-18-19-42(59)53(4)35(30-55)22-25-41(58)50-31(2)45(61)49-29-43(60)54(5)44-34-21-24-40(57)37(28-34)36-26-33(20-23-39(36)56)27-38(48(64)65)52-46(62)32(3)51-47(44)63/h20-21,23-24,26,28,31-32,35,38,44,55-57H,6-19,22,25,27,29-30H2,1-5H3,(H,49,61)(H,50,58)(H,51,63)(H,52,62)(H,64,65)/t31-,32+,35-,38+,44+/m1/s1. The molecule has 5 atom stereocenters. The minimum Gasteiger partial charge on any atom is -0.507 e. The lowest BCUT2D eigenvalue weighted by molar-refractivity contribution is -0.143. The molecule has 0 saturated carbocycles. The molecule has 0 saturated heterocycles. The van der Waals surface area contributed by atoms with Crippen LogP contribution in [0, 0.1) is 0 Å². The van der Waals surface area contributed by atoms with Crippen LogP contribution in [0.3, 0.4) is 0 Å². The molecule has 6 amide bonds. The van der Waals surface area contributed by atoms with Crippen LogP contribution >= 0.6 is 0 Å². The zero-order valence-electron chi connectivity index (χ0n) is 38.8. The molecule has 1 aliphatic rings. The molecule has 0 spiro atoms. The van der Waals surface area contributed by atoms with E-state index in [0.717, 1.165) is 30.6 Å². The zero-order chi connectivity index (χ0) is 48.1. The first-order valence-corrected chi connectivity index (χ1v) is 23.2. The molecule has 0 aromatic heterocycles. The maximum absolute atomic E-state index is 13.9. The topological polar surface area (TPSA) is 255 Å². The van der Waals surface area contributed by atoms with Gasteiger partial charge in [-0.15, -0.1) is 0 Å². The van der Waals surface area contributed by atoms with Gasteiger partial charge in [0.15, 0.2) is 0 Å². The number of aliphatic hydroxyl groups excluding tert-OH is 1. The van der Waals surface area contributed by atoms with Gasteiger partial charge in [-0.25, -0.2) is 4.79 Å². The van der Waals surface area contributed by atoms with Gasteiger partial charge in [-0.05, 0) is 62.1 Å². The summed E-state index contributed by atoms with van der Waals surface area (Å²) in [4.78, 5) is 93.9. The first-order valence-electron chi connectivity index (χ1n) is 23.2. The zero-order valence-corrected chi connectivity index (χ0v) is 38.8. The van der Waals surface area contributed by atoms with Gasteiger partial charge in [0.05, 0.1) is 19.2 Å². The molecule has 65 heavy (non-hydrogen) atoms. The fourth-order valence-electron chi connectivity index (χ4n) is 7.85. The minimum atomic E-state index is -1.45. The van der Waals surface area contributed by atoms with Gasteiger partial charge in [0.25, 0.3) is 0 Å². The third-order valence-corrected chi connectivity index (χ3v) is 12.1. The fraction of sp³-hybridized carbons (Fsp3) is 0.604. The van der Waals surface area contributed by atoms with E-state index in [1.807, 2.05) is 0 Å². The molecule has 3 rings (SSSR count). The van der Waals surface area contributed by atoms with Crippen LogP contribution in [0.4, 0.5) is 0 Å². The molecule has 4 bridgehead atoms. The summed E-state index contributed by atoms with van der Waals surface area (Å²) < 4.78 is 0. The van der Waals surface area contributed by atoms with Gasteiger partial charge in [-0.2, -0.15) is 0 Å². The van der Waals surface area contributed by atoms with Crippen LogP contribution in [0.2, 0.25) is 0 Å². The molecule has 17 nitrogen and oxygen atoms in total. The van der Waals surface area contributed by atoms with Crippen molar-refractivity contribution in [2.24, 2.45) is 0 Å². The molecule has 2 aromatic rings. The van der Waals surface area contributed by atoms with Crippen LogP contribution in [0.1, 0.15) is 141 Å². The van der Waals surface area contributed by atoms with E-state index in [1.54, 1.807) is 7.05 Å². The van der Waals surface area contributed by atoms with Crippen molar-refractivity contribution in [2.45, 2.75) is 160 Å². The van der Waals surface area contributed by atoms with Crippen molar-refractivity contribution in [3.63, 3.8) is 0 Å². The number of carboxylic acids is 1. The number of carbonyl (C=O) groups excluding carboxylic acids is 6. The highest BCUT2D eigenvalue weighted by Crippen LogP contribution is 2.38. The Balaban J connectivity index is 1.54. The molecule has 0 fully saturated rings. The number of nitrogens with zero attached hydrogens (tertiary/aromatic N) is 2. The third-order valence-electron chi connectivity index (χ3n) is 12.1. The van der Waals surface area contributed by atoms with Crippen molar-refractivity contribution in [1.29, 1.82) is 0 Å². The monoisotopic (exact) mass is 909 g/mol. The van der Waals surface area contributed by atoms with Crippen LogP contribution in [-0.4, -0.2) is 123 Å². The fourth-order valence-corrected chi connectivity index (χ4v) is 7.85. The summed E-state index contributed by atoms with van der Waals surface area (Å²) in [6.45, 7) is 4.05. The first-order chi connectivity index (χ1) is 31.0. The lowest BCUT2D eigenvalue weighted by atomic mass is 9.94. The number of amides is 6. The van der Waals surface area contributed by atoms with Crippen molar-refractivity contribution in [1.82, 2.24) is 31.1 Å². The number of fused-ring (bicyclic) bond motifs is 5. The molecule has 0 aliphatic carbocycles. The van der Waals surface area contributed by atoms with Gasteiger partial charge in [-0.1, -0.05) is 96.1 Å². The SMILES string of the molecule is CCCCCCCCCCCCCCCC(=O)N(C)[C@@H](CO)CCC(=O)N[C@H](C)C(=O)NCC(=O)N(C)[C@@H]1C(=O)N[C@@H](C)C(=O)N[C@H](C(=O)O)Cc2ccc(O)c(c2)-c2cc1ccc2O. The average molecular weight is 909 g/mol. The number of phenols is 2. The minimum absolute atomic E-state index is 0.0768. The second-order valence-corrected chi connectivity index (χ2v) is 17.2. The number of carbonyl (C=O) groups is 7. The molecule has 1 aliphatic heterocycles. The molecule has 1 heterocycles. The van der Waals surface area contributed by atoms with Crippen LogP contribution < -0.4 is 21.3 Å². The summed E-state index contributed by atoms with van der Waals surface area (Å²) in [6.07, 6.45) is 15.9. The van der Waals surface area contributed by atoms with Crippen LogP contribution in [-0.2, 0) is 40.0 Å². The number of carboxylic acid groups (broad SMARTS) is 1. The third kappa shape index (κ3) is 17.3. The molecule has 0 radical (unpaired) electrons. The van der Waals surface area contributed by atoms with E-state index >= 15 is 0 Å². The summed E-state index contributed by atoms with van der Waals surface area (Å²) >= 11 is 0. The number of phenolic OH excluding ortho intramolecular Hbond substituents is 2. The highest BCUT2D eigenvalue weighted by atomic mass is 16.4. The second-order valence-electron chi connectivity index (χ2n) is 17.2. The number of hydrogen-bond acceptors (Lipinski definition) is 10. The number of rotatable bonds is 25. The number of aromatic hydroxyl groups is 2. The average Bonchev–Trinajstić information content (AvgIpc) is 3.27. The predicted octanol–water partition coefficient (Wildman–Crippen LogP) is 4.60. The van der Waals surface area contributed by atoms with Gasteiger partial charge >= 0.3 is 5.97 Å². The highest BCUT2D eigenvalue weighted by molar-refractivity contribution is 5.95. The van der Waals surface area contributed by atoms with Gasteiger partial charge in [0, 0.05) is 44.5 Å². The van der Waals surface area contributed by atoms with E-state index < -0.39 is 72.3 Å². The quantitative estimate of drug-likeness (QED) is 0.0640. The van der Waals surface area contributed by atoms with E-state index in [1.165, 1.54) is 120 Å². The molecule has 8 N–H and O–H groups in total. The lowest BCUT2D eigenvalue weighted by Crippen LogP contribution is -2.54. The van der Waals surface area contributed by atoms with Gasteiger partial charge in [0.2, 0.25) is 35.4 Å². The lowest BCUT2D eigenvalue weighted by Gasteiger charge is -2.30. The summed E-state index contributed by atoms with van der Waals surface area (Å²) in [7, 11) is 2.90. The van der Waals surface area contributed by atoms with Crippen molar-refractivity contribution >= 4 is 41.4 Å². The number of benzene rings is 2. The van der Waals surface area contributed by atoms with Crippen LogP contribution in [0.25, 0.3) is 11.1 Å². The number of aliphatic hydroxyl groups is 1. The smallest absolute Gasteiger partial charge is 0.326 e. The molecular formula is C48H72N6O11. The van der Waals surface area contributed by atoms with Crippen LogP contribution in [0.5, 0.6) is 11.5 Å². The Bertz CT molecular complexity index is 1930. The van der Waals surface area contributed by atoms with Gasteiger partial charge in [-0.3, -0.25) is 28.8 Å². The normalized spacial score (nSPS) is 17.1. The number of unbranched alkanes of at least 4 members (excludes halogenated alkanes) is 12. The first kappa shape index (κ1) is 53.6. The second kappa shape index (κ2) is 27.6. The van der Waals surface area contributed by atoms with Crippen molar-refractivity contribution in [3.8, 4) is 22.6 Å². The van der Waals surface area contributed by atoms with Crippen molar-refractivity contribution < 1.29 is 54.0 Å². The Hall–Kier alpha value is -5.71. The Morgan fingerprint density at radius 3 is 1.92 bits per heavy atom. The van der Waals surface area contributed by atoms with Gasteiger partial charge < -0.3 is 51.5 Å². The Labute approximate surface area is 383 Å². The number of aliphatic carboxylic acids is 1. The van der Waals surface area contributed by atoms with Crippen LogP contribution in [0.15, 0.2) is 36.4 Å². The summed E-state index contributed by atoms with van der Waals surface area (Å²) in [5.74, 6) is -5.62. The predicted molar refractivity (Wildman–Crippen MR) is 245 cm³/mol. The molecule has 0 unspecified atom stereocenters. The Kier molecular flexibility index (Phi) is 22.8. The largest absolute Gasteiger partial charge is 0.507 e. The molecule has 17 heteroatoms. The van der Waals surface area contributed by atoms with E-state index in [0.29, 0.717) is 12.0 Å². The number of likely N-dealkylation sites (N-methyl/N-ethyl adjacent to an activating group) is 2. The number of nitrogens with one attached hydrogen (secondary N) is 4. The molecule has 2 aromatic carbocycles. The van der Waals surface area contributed by atoms with Gasteiger partial charge in [0.1, 0.15) is 35.7 Å². The summed E-state index contributed by atoms with van der Waals surface area (Å²) in [5, 5.41) is 51.4. The van der Waals surface area contributed by atoms with E-state index in [-0.39, 0.29) is 60.0 Å². The van der Waals surface area contributed by atoms with Crippen molar-refractivity contribution in [2.75, 3.05) is 27.2 Å². The van der Waals surface area contributed by atoms with E-state index in [2.05, 4.69) is 28.2 Å². The molecular weight excluding hydrogens is 837 g/mol. The summed E-state index contributed by atoms with van der Waals surface area (Å²) in [6, 6.07) is 2.50. The Morgan fingerprint density at radius 1 is 0.769 bits per heavy atom. The van der Waals surface area contributed by atoms with Crippen molar-refractivity contribution in [3.05, 3.63) is 47.5 Å². The molecule has 360 valence electrons. The number of hydrogen-bond donors (Lipinski definition) is 8. The van der Waals surface area contributed by atoms with E-state index in [4.69, 9.17) is 0 Å². The maximum atomic E-state index is 13.9. The van der Waals surface area contributed by atoms with E-state index in [9.17, 15) is 54.0 Å². The summed E-state index contributed by atoms with van der Waals surface area (Å²) in [5.41, 5.74) is 0.766.